The van der Waals surface area contributed by atoms with Gasteiger partial charge in [-0.25, -0.2) is 8.42 Å². The standard InChI is InChI=1S/C22H27N3O5S/c1-3-30-20-10-6-17(7-11-20)22(27)25-14-12-18(13-15-25)23-21(26)16-4-8-19(9-5-16)24-31(2,28)29/h4-11,18,24H,3,12-15H2,1-2H3,(H,23,26). The molecule has 31 heavy (non-hydrogen) atoms. The van der Waals surface area contributed by atoms with Crippen LogP contribution in [0.5, 0.6) is 5.75 Å². The van der Waals surface area contributed by atoms with Gasteiger partial charge < -0.3 is 15.0 Å². The van der Waals surface area contributed by atoms with Gasteiger partial charge in [0.25, 0.3) is 11.8 Å². The van der Waals surface area contributed by atoms with Gasteiger partial charge in [0.2, 0.25) is 10.0 Å². The largest absolute Gasteiger partial charge is 0.494 e. The van der Waals surface area contributed by atoms with Crippen molar-refractivity contribution in [2.45, 2.75) is 25.8 Å². The summed E-state index contributed by atoms with van der Waals surface area (Å²) in [6.45, 7) is 3.62. The van der Waals surface area contributed by atoms with Crippen LogP contribution < -0.4 is 14.8 Å². The van der Waals surface area contributed by atoms with E-state index in [1.807, 2.05) is 6.92 Å². The van der Waals surface area contributed by atoms with Crippen LogP contribution in [-0.2, 0) is 10.0 Å². The second-order valence-corrected chi connectivity index (χ2v) is 9.20. The Labute approximate surface area is 182 Å². The average molecular weight is 446 g/mol. The molecule has 0 unspecified atom stereocenters. The van der Waals surface area contributed by atoms with Gasteiger partial charge >= 0.3 is 0 Å². The van der Waals surface area contributed by atoms with Crippen LogP contribution in [0.3, 0.4) is 0 Å². The third kappa shape index (κ3) is 6.45. The highest BCUT2D eigenvalue weighted by Gasteiger charge is 2.25. The van der Waals surface area contributed by atoms with Gasteiger partial charge in [-0.05, 0) is 68.3 Å². The van der Waals surface area contributed by atoms with E-state index in [0.29, 0.717) is 49.4 Å². The summed E-state index contributed by atoms with van der Waals surface area (Å²) in [4.78, 5) is 27.0. The normalized spacial score (nSPS) is 14.7. The van der Waals surface area contributed by atoms with Gasteiger partial charge in [-0.1, -0.05) is 0 Å². The summed E-state index contributed by atoms with van der Waals surface area (Å²) in [7, 11) is -3.36. The van der Waals surface area contributed by atoms with Gasteiger partial charge in [0.05, 0.1) is 12.9 Å². The minimum absolute atomic E-state index is 0.0225. The van der Waals surface area contributed by atoms with Crippen molar-refractivity contribution < 1.29 is 22.7 Å². The Bertz CT molecular complexity index is 1010. The van der Waals surface area contributed by atoms with E-state index in [-0.39, 0.29) is 17.9 Å². The fourth-order valence-electron chi connectivity index (χ4n) is 3.44. The number of amides is 2. The zero-order valence-electron chi connectivity index (χ0n) is 17.6. The molecular formula is C22H27N3O5S. The zero-order chi connectivity index (χ0) is 22.4. The maximum absolute atomic E-state index is 12.7. The quantitative estimate of drug-likeness (QED) is 0.681. The number of sulfonamides is 1. The van der Waals surface area contributed by atoms with Crippen LogP contribution in [0.25, 0.3) is 0 Å². The monoisotopic (exact) mass is 445 g/mol. The number of nitrogens with zero attached hydrogens (tertiary/aromatic N) is 1. The molecule has 1 heterocycles. The van der Waals surface area contributed by atoms with Gasteiger partial charge in [0.15, 0.2) is 0 Å². The predicted molar refractivity (Wildman–Crippen MR) is 119 cm³/mol. The molecule has 0 aromatic heterocycles. The topological polar surface area (TPSA) is 105 Å². The lowest BCUT2D eigenvalue weighted by molar-refractivity contribution is 0.0698. The SMILES string of the molecule is CCOc1ccc(C(=O)N2CCC(NC(=O)c3ccc(NS(C)(=O)=O)cc3)CC2)cc1. The maximum atomic E-state index is 12.7. The Morgan fingerprint density at radius 3 is 2.13 bits per heavy atom. The van der Waals surface area contributed by atoms with E-state index in [1.54, 1.807) is 53.4 Å². The smallest absolute Gasteiger partial charge is 0.253 e. The summed E-state index contributed by atoms with van der Waals surface area (Å²) in [5.74, 6) is 0.490. The molecule has 0 aliphatic carbocycles. The van der Waals surface area contributed by atoms with E-state index < -0.39 is 10.0 Å². The van der Waals surface area contributed by atoms with Crippen LogP contribution >= 0.6 is 0 Å². The number of nitrogens with one attached hydrogen (secondary N) is 2. The lowest BCUT2D eigenvalue weighted by Crippen LogP contribution is -2.46. The molecule has 1 aliphatic heterocycles. The maximum Gasteiger partial charge on any atom is 0.253 e. The fraction of sp³-hybridized carbons (Fsp3) is 0.364. The van der Waals surface area contributed by atoms with E-state index >= 15 is 0 Å². The summed E-state index contributed by atoms with van der Waals surface area (Å²) in [6, 6.07) is 13.3. The van der Waals surface area contributed by atoms with Crippen LogP contribution in [0.2, 0.25) is 0 Å². The van der Waals surface area contributed by atoms with E-state index in [0.717, 1.165) is 12.0 Å². The third-order valence-electron chi connectivity index (χ3n) is 4.98. The third-order valence-corrected chi connectivity index (χ3v) is 5.59. The lowest BCUT2D eigenvalue weighted by atomic mass is 10.0. The molecule has 166 valence electrons. The highest BCUT2D eigenvalue weighted by atomic mass is 32.2. The van der Waals surface area contributed by atoms with Crippen molar-refractivity contribution in [3.05, 3.63) is 59.7 Å². The lowest BCUT2D eigenvalue weighted by Gasteiger charge is -2.32. The Balaban J connectivity index is 1.50. The first-order valence-electron chi connectivity index (χ1n) is 10.2. The van der Waals surface area contributed by atoms with E-state index in [9.17, 15) is 18.0 Å². The number of anilines is 1. The van der Waals surface area contributed by atoms with Crippen molar-refractivity contribution in [3.63, 3.8) is 0 Å². The number of rotatable bonds is 7. The molecule has 2 aromatic rings. The molecule has 9 heteroatoms. The molecule has 2 aromatic carbocycles. The van der Waals surface area contributed by atoms with Crippen molar-refractivity contribution in [1.82, 2.24) is 10.2 Å². The number of hydrogen-bond acceptors (Lipinski definition) is 5. The fourth-order valence-corrected chi connectivity index (χ4v) is 4.01. The highest BCUT2D eigenvalue weighted by molar-refractivity contribution is 7.92. The number of benzene rings is 2. The van der Waals surface area contributed by atoms with Gasteiger partial charge in [-0.15, -0.1) is 0 Å². The van der Waals surface area contributed by atoms with Crippen LogP contribution in [0.4, 0.5) is 5.69 Å². The molecule has 3 rings (SSSR count). The van der Waals surface area contributed by atoms with Crippen molar-refractivity contribution in [2.24, 2.45) is 0 Å². The first-order chi connectivity index (χ1) is 14.7. The minimum atomic E-state index is -3.36. The first kappa shape index (κ1) is 22.6. The van der Waals surface area contributed by atoms with Crippen molar-refractivity contribution in [1.29, 1.82) is 0 Å². The van der Waals surface area contributed by atoms with Crippen molar-refractivity contribution in [3.8, 4) is 5.75 Å². The van der Waals surface area contributed by atoms with Gasteiger partial charge in [-0.3, -0.25) is 14.3 Å². The number of ether oxygens (including phenoxy) is 1. The molecule has 1 fully saturated rings. The molecule has 1 aliphatic rings. The molecule has 0 atom stereocenters. The Kier molecular flexibility index (Phi) is 7.17. The van der Waals surface area contributed by atoms with Crippen LogP contribution in [0.1, 0.15) is 40.5 Å². The van der Waals surface area contributed by atoms with Gasteiger partial charge in [0.1, 0.15) is 5.75 Å². The molecule has 1 saturated heterocycles. The molecule has 0 spiro atoms. The Morgan fingerprint density at radius 1 is 1.00 bits per heavy atom. The molecule has 2 N–H and O–H groups in total. The average Bonchev–Trinajstić information content (AvgIpc) is 2.74. The molecular weight excluding hydrogens is 418 g/mol. The second kappa shape index (κ2) is 9.82. The summed E-state index contributed by atoms with van der Waals surface area (Å²) in [5, 5.41) is 2.99. The summed E-state index contributed by atoms with van der Waals surface area (Å²) in [5.41, 5.74) is 1.47. The number of piperidine rings is 1. The Morgan fingerprint density at radius 2 is 1.58 bits per heavy atom. The summed E-state index contributed by atoms with van der Waals surface area (Å²) >= 11 is 0. The second-order valence-electron chi connectivity index (χ2n) is 7.45. The van der Waals surface area contributed by atoms with Gasteiger partial charge in [-0.2, -0.15) is 0 Å². The Hall–Kier alpha value is -3.07. The number of carbonyl (C=O) groups excluding carboxylic acids is 2. The molecule has 0 radical (unpaired) electrons. The minimum Gasteiger partial charge on any atom is -0.494 e. The summed E-state index contributed by atoms with van der Waals surface area (Å²) in [6.07, 6.45) is 2.41. The van der Waals surface area contributed by atoms with E-state index in [4.69, 9.17) is 4.74 Å². The summed E-state index contributed by atoms with van der Waals surface area (Å²) < 4.78 is 30.3. The number of likely N-dealkylation sites (tertiary alicyclic amines) is 1. The van der Waals surface area contributed by atoms with Crippen molar-refractivity contribution in [2.75, 3.05) is 30.7 Å². The predicted octanol–water partition coefficient (Wildman–Crippen LogP) is 2.49. The van der Waals surface area contributed by atoms with Crippen LogP contribution in [0, 0.1) is 0 Å². The molecule has 2 amide bonds. The van der Waals surface area contributed by atoms with Crippen LogP contribution in [-0.4, -0.2) is 57.1 Å². The highest BCUT2D eigenvalue weighted by Crippen LogP contribution is 2.18. The zero-order valence-corrected chi connectivity index (χ0v) is 18.4. The van der Waals surface area contributed by atoms with E-state index in [2.05, 4.69) is 10.0 Å². The number of carbonyl (C=O) groups is 2. The molecule has 0 bridgehead atoms. The van der Waals surface area contributed by atoms with Crippen LogP contribution in [0.15, 0.2) is 48.5 Å². The van der Waals surface area contributed by atoms with E-state index in [1.165, 1.54) is 0 Å². The molecule has 8 nitrogen and oxygen atoms in total. The first-order valence-corrected chi connectivity index (χ1v) is 12.0. The van der Waals surface area contributed by atoms with Gasteiger partial charge in [0, 0.05) is 35.9 Å². The number of hydrogen-bond donors (Lipinski definition) is 2. The van der Waals surface area contributed by atoms with Crippen molar-refractivity contribution >= 4 is 27.5 Å². The molecule has 0 saturated carbocycles.